The Morgan fingerprint density at radius 1 is 1.18 bits per heavy atom. The van der Waals surface area contributed by atoms with Gasteiger partial charge in [-0.25, -0.2) is 4.79 Å². The Morgan fingerprint density at radius 2 is 1.97 bits per heavy atom. The fourth-order valence-electron chi connectivity index (χ4n) is 4.08. The van der Waals surface area contributed by atoms with E-state index >= 15 is 0 Å². The number of carbonyl (C=O) groups is 2. The number of aryl methyl sites for hydroxylation is 1. The van der Waals surface area contributed by atoms with Gasteiger partial charge in [0, 0.05) is 20.5 Å². The molecule has 0 bridgehead atoms. The van der Waals surface area contributed by atoms with Gasteiger partial charge in [-0.15, -0.1) is 11.3 Å². The largest absolute Gasteiger partial charge is 0.488 e. The van der Waals surface area contributed by atoms with Gasteiger partial charge in [0.05, 0.1) is 16.6 Å². The lowest BCUT2D eigenvalue weighted by Crippen LogP contribution is -2.16. The molecule has 1 amide bonds. The van der Waals surface area contributed by atoms with E-state index in [0.717, 1.165) is 41.7 Å². The van der Waals surface area contributed by atoms with Crippen molar-refractivity contribution in [2.75, 3.05) is 11.9 Å². The van der Waals surface area contributed by atoms with E-state index in [0.29, 0.717) is 36.4 Å². The Hall–Kier alpha value is -2.83. The summed E-state index contributed by atoms with van der Waals surface area (Å²) in [4.78, 5) is 26.8. The summed E-state index contributed by atoms with van der Waals surface area (Å²) in [6, 6.07) is 12.4. The highest BCUT2D eigenvalue weighted by atomic mass is 79.9. The molecule has 0 saturated heterocycles. The molecule has 2 aromatic carbocycles. The van der Waals surface area contributed by atoms with E-state index < -0.39 is 11.9 Å². The summed E-state index contributed by atoms with van der Waals surface area (Å²) in [6.07, 6.45) is 5.12. The quantitative estimate of drug-likeness (QED) is 0.154. The van der Waals surface area contributed by atoms with Crippen LogP contribution < -0.4 is 10.1 Å². The van der Waals surface area contributed by atoms with Gasteiger partial charge < -0.3 is 14.8 Å². The van der Waals surface area contributed by atoms with Gasteiger partial charge in [0.1, 0.15) is 29.0 Å². The summed E-state index contributed by atoms with van der Waals surface area (Å²) < 4.78 is 11.8. The molecule has 0 radical (unpaired) electrons. The number of anilines is 1. The van der Waals surface area contributed by atoms with Gasteiger partial charge in [0.15, 0.2) is 0 Å². The molecule has 1 aliphatic rings. The molecule has 0 spiro atoms. The van der Waals surface area contributed by atoms with E-state index in [2.05, 4.69) is 21.2 Å². The third-order valence-corrected chi connectivity index (χ3v) is 8.32. The third kappa shape index (κ3) is 6.59. The molecule has 1 heterocycles. The minimum absolute atomic E-state index is 0.0975. The molecule has 1 aromatic heterocycles. The number of nitrogens with zero attached hydrogens (tertiary/aromatic N) is 1. The van der Waals surface area contributed by atoms with Crippen LogP contribution in [-0.4, -0.2) is 18.5 Å². The first-order chi connectivity index (χ1) is 18.3. The molecular formula is C28H23BrCl2N2O4S. The molecule has 0 aliphatic heterocycles. The second-order valence-electron chi connectivity index (χ2n) is 8.47. The average Bonchev–Trinajstić information content (AvgIpc) is 3.25. The monoisotopic (exact) mass is 632 g/mol. The summed E-state index contributed by atoms with van der Waals surface area (Å²) >= 11 is 17.0. The Balaban J connectivity index is 1.51. The minimum Gasteiger partial charge on any atom is -0.488 e. The van der Waals surface area contributed by atoms with E-state index in [4.69, 9.17) is 32.7 Å². The van der Waals surface area contributed by atoms with Crippen molar-refractivity contribution < 1.29 is 19.1 Å². The fourth-order valence-corrected chi connectivity index (χ4v) is 6.32. The van der Waals surface area contributed by atoms with Crippen molar-refractivity contribution in [3.05, 3.63) is 83.6 Å². The van der Waals surface area contributed by atoms with Crippen molar-refractivity contribution in [3.8, 4) is 11.8 Å². The molecule has 196 valence electrons. The molecule has 3 aromatic rings. The highest BCUT2D eigenvalue weighted by Crippen LogP contribution is 2.39. The molecule has 1 aliphatic carbocycles. The third-order valence-electron chi connectivity index (χ3n) is 5.91. The molecule has 38 heavy (non-hydrogen) atoms. The fraction of sp³-hybridized carbons (Fsp3) is 0.250. The number of rotatable bonds is 8. The van der Waals surface area contributed by atoms with Crippen LogP contribution in [0.25, 0.3) is 6.08 Å². The highest BCUT2D eigenvalue weighted by molar-refractivity contribution is 9.10. The predicted molar refractivity (Wildman–Crippen MR) is 154 cm³/mol. The van der Waals surface area contributed by atoms with Crippen LogP contribution in [-0.2, 0) is 29.0 Å². The molecule has 0 fully saturated rings. The minimum atomic E-state index is -0.592. The number of esters is 1. The Bertz CT molecular complexity index is 1460. The Kier molecular flexibility index (Phi) is 9.50. The van der Waals surface area contributed by atoms with Gasteiger partial charge in [-0.2, -0.15) is 5.26 Å². The smallest absolute Gasteiger partial charge is 0.341 e. The molecule has 0 saturated carbocycles. The van der Waals surface area contributed by atoms with Crippen molar-refractivity contribution in [1.29, 1.82) is 5.26 Å². The summed E-state index contributed by atoms with van der Waals surface area (Å²) in [5, 5.41) is 14.0. The zero-order valence-electron chi connectivity index (χ0n) is 20.4. The number of ether oxygens (including phenoxy) is 2. The summed E-state index contributed by atoms with van der Waals surface area (Å²) in [5.41, 5.74) is 2.66. The second-order valence-corrected chi connectivity index (χ2v) is 11.3. The molecule has 6 nitrogen and oxygen atoms in total. The molecule has 0 unspecified atom stereocenters. The number of fused-ring (bicyclic) bond motifs is 1. The number of hydrogen-bond donors (Lipinski definition) is 1. The van der Waals surface area contributed by atoms with Crippen molar-refractivity contribution in [1.82, 2.24) is 0 Å². The Labute approximate surface area is 243 Å². The van der Waals surface area contributed by atoms with Crippen LogP contribution in [0, 0.1) is 11.3 Å². The maximum atomic E-state index is 13.1. The van der Waals surface area contributed by atoms with Gasteiger partial charge in [-0.3, -0.25) is 4.79 Å². The van der Waals surface area contributed by atoms with Gasteiger partial charge >= 0.3 is 5.97 Å². The van der Waals surface area contributed by atoms with Crippen LogP contribution in [0.3, 0.4) is 0 Å². The summed E-state index contributed by atoms with van der Waals surface area (Å²) in [6.45, 7) is 2.22. The molecular weight excluding hydrogens is 611 g/mol. The number of hydrogen-bond acceptors (Lipinski definition) is 6. The summed E-state index contributed by atoms with van der Waals surface area (Å²) in [7, 11) is 0. The van der Waals surface area contributed by atoms with Gasteiger partial charge in [0.25, 0.3) is 5.91 Å². The second kappa shape index (κ2) is 12.8. The lowest BCUT2D eigenvalue weighted by Gasteiger charge is -2.12. The number of thiophene rings is 1. The van der Waals surface area contributed by atoms with E-state index in [1.54, 1.807) is 43.3 Å². The van der Waals surface area contributed by atoms with Crippen LogP contribution in [0.2, 0.25) is 10.0 Å². The van der Waals surface area contributed by atoms with Gasteiger partial charge in [0.2, 0.25) is 0 Å². The normalized spacial score (nSPS) is 12.9. The van der Waals surface area contributed by atoms with Crippen LogP contribution in [0.4, 0.5) is 5.00 Å². The van der Waals surface area contributed by atoms with E-state index in [9.17, 15) is 14.9 Å². The number of halogens is 3. The standard InChI is InChI=1S/C28H23BrCl2N2O4S/c1-2-36-28(35)25-20-5-3-4-6-24(20)38-27(25)33-26(34)18(14-32)11-16-7-10-23(21(29)12-16)37-15-17-8-9-19(30)13-22(17)31/h7-13H,2-6,15H2,1H3,(H,33,34)/b18-11+. The number of amides is 1. The van der Waals surface area contributed by atoms with Crippen molar-refractivity contribution in [2.45, 2.75) is 39.2 Å². The number of nitriles is 1. The predicted octanol–water partition coefficient (Wildman–Crippen LogP) is 8.00. The maximum Gasteiger partial charge on any atom is 0.341 e. The molecule has 10 heteroatoms. The SMILES string of the molecule is CCOC(=O)c1c(NC(=O)/C(C#N)=C/c2ccc(OCc3ccc(Cl)cc3Cl)c(Br)c2)sc2c1CCCC2. The van der Waals surface area contributed by atoms with E-state index in [1.807, 2.05) is 6.07 Å². The van der Waals surface area contributed by atoms with E-state index in [1.165, 1.54) is 17.4 Å². The van der Waals surface area contributed by atoms with Crippen molar-refractivity contribution >= 4 is 73.4 Å². The first-order valence-corrected chi connectivity index (χ1v) is 14.3. The van der Waals surface area contributed by atoms with Crippen molar-refractivity contribution in [2.24, 2.45) is 0 Å². The number of carbonyl (C=O) groups excluding carboxylic acids is 2. The number of benzene rings is 2. The Morgan fingerprint density at radius 3 is 2.68 bits per heavy atom. The molecule has 0 atom stereocenters. The van der Waals surface area contributed by atoms with Crippen LogP contribution in [0.15, 0.2) is 46.4 Å². The zero-order valence-corrected chi connectivity index (χ0v) is 24.3. The lowest BCUT2D eigenvalue weighted by molar-refractivity contribution is -0.112. The van der Waals surface area contributed by atoms with E-state index in [-0.39, 0.29) is 18.8 Å². The summed E-state index contributed by atoms with van der Waals surface area (Å²) in [5.74, 6) is -0.478. The zero-order chi connectivity index (χ0) is 27.2. The lowest BCUT2D eigenvalue weighted by atomic mass is 9.95. The first-order valence-electron chi connectivity index (χ1n) is 11.9. The number of nitrogens with one attached hydrogen (secondary N) is 1. The van der Waals surface area contributed by atoms with Gasteiger partial charge in [-0.05, 0) is 90.0 Å². The molecule has 4 rings (SSSR count). The van der Waals surface area contributed by atoms with Gasteiger partial charge in [-0.1, -0.05) is 35.3 Å². The van der Waals surface area contributed by atoms with Crippen LogP contribution in [0.5, 0.6) is 5.75 Å². The molecule has 1 N–H and O–H groups in total. The highest BCUT2D eigenvalue weighted by Gasteiger charge is 2.27. The topological polar surface area (TPSA) is 88.4 Å². The van der Waals surface area contributed by atoms with Crippen molar-refractivity contribution in [3.63, 3.8) is 0 Å². The van der Waals surface area contributed by atoms with Crippen LogP contribution in [0.1, 0.15) is 51.7 Å². The maximum absolute atomic E-state index is 13.1. The van der Waals surface area contributed by atoms with Crippen LogP contribution >= 0.6 is 50.5 Å². The average molecular weight is 634 g/mol. The first kappa shape index (κ1) is 28.2.